The van der Waals surface area contributed by atoms with Crippen LogP contribution in [0.3, 0.4) is 0 Å². The number of aromatic nitrogens is 2. The van der Waals surface area contributed by atoms with E-state index in [2.05, 4.69) is 20.6 Å². The second-order valence-electron chi connectivity index (χ2n) is 8.19. The number of nitrogens with one attached hydrogen (secondary N) is 3. The first kappa shape index (κ1) is 20.0. The first-order valence-corrected chi connectivity index (χ1v) is 10.9. The lowest BCUT2D eigenvalue weighted by molar-refractivity contribution is -0.119. The zero-order chi connectivity index (χ0) is 21.9. The summed E-state index contributed by atoms with van der Waals surface area (Å²) in [6.45, 7) is 0. The van der Waals surface area contributed by atoms with Crippen molar-refractivity contribution >= 4 is 34.2 Å². The molecule has 1 fully saturated rings. The molecule has 4 aromatic rings. The third-order valence-corrected chi connectivity index (χ3v) is 5.93. The first-order valence-electron chi connectivity index (χ1n) is 10.9. The van der Waals surface area contributed by atoms with Gasteiger partial charge in [-0.05, 0) is 67.4 Å². The number of imidazole rings is 1. The molecule has 0 unspecified atom stereocenters. The van der Waals surface area contributed by atoms with E-state index in [4.69, 9.17) is 0 Å². The van der Waals surface area contributed by atoms with E-state index in [-0.39, 0.29) is 17.7 Å². The summed E-state index contributed by atoms with van der Waals surface area (Å²) in [5.74, 6) is 0.839. The molecule has 1 aromatic heterocycles. The van der Waals surface area contributed by atoms with Crippen molar-refractivity contribution in [2.24, 2.45) is 5.92 Å². The number of fused-ring (bicyclic) bond motifs is 1. The Morgan fingerprint density at radius 1 is 0.844 bits per heavy atom. The minimum absolute atomic E-state index is 0.115. The third kappa shape index (κ3) is 4.25. The van der Waals surface area contributed by atoms with Crippen LogP contribution in [-0.2, 0) is 4.79 Å². The van der Waals surface area contributed by atoms with Crippen LogP contribution in [-0.4, -0.2) is 21.8 Å². The van der Waals surface area contributed by atoms with Gasteiger partial charge in [-0.1, -0.05) is 31.0 Å². The quantitative estimate of drug-likeness (QED) is 0.389. The van der Waals surface area contributed by atoms with Gasteiger partial charge in [0.2, 0.25) is 5.91 Å². The molecular weight excluding hydrogens is 400 g/mol. The highest BCUT2D eigenvalue weighted by atomic mass is 16.2. The van der Waals surface area contributed by atoms with Crippen molar-refractivity contribution in [1.82, 2.24) is 9.97 Å². The molecule has 1 aliphatic rings. The van der Waals surface area contributed by atoms with Gasteiger partial charge in [-0.25, -0.2) is 4.98 Å². The van der Waals surface area contributed by atoms with Gasteiger partial charge in [0, 0.05) is 28.4 Å². The largest absolute Gasteiger partial charge is 0.338 e. The number of amides is 2. The van der Waals surface area contributed by atoms with E-state index in [1.807, 2.05) is 60.7 Å². The summed E-state index contributed by atoms with van der Waals surface area (Å²) in [5, 5.41) is 5.94. The molecule has 0 atom stereocenters. The van der Waals surface area contributed by atoms with Gasteiger partial charge in [0.05, 0.1) is 11.0 Å². The smallest absolute Gasteiger partial charge is 0.255 e. The van der Waals surface area contributed by atoms with Crippen molar-refractivity contribution in [2.45, 2.75) is 25.7 Å². The zero-order valence-electron chi connectivity index (χ0n) is 17.6. The summed E-state index contributed by atoms with van der Waals surface area (Å²) in [4.78, 5) is 32.7. The van der Waals surface area contributed by atoms with E-state index in [9.17, 15) is 9.59 Å². The molecule has 5 rings (SSSR count). The summed E-state index contributed by atoms with van der Waals surface area (Å²) < 4.78 is 0. The van der Waals surface area contributed by atoms with Crippen LogP contribution in [0, 0.1) is 5.92 Å². The molecular formula is C26H24N4O2. The van der Waals surface area contributed by atoms with E-state index in [1.165, 1.54) is 0 Å². The number of rotatable bonds is 5. The Bertz CT molecular complexity index is 1260. The van der Waals surface area contributed by atoms with Gasteiger partial charge in [-0.15, -0.1) is 0 Å². The van der Waals surface area contributed by atoms with E-state index >= 15 is 0 Å². The van der Waals surface area contributed by atoms with Gasteiger partial charge in [0.25, 0.3) is 5.91 Å². The maximum Gasteiger partial charge on any atom is 0.255 e. The molecule has 3 N–H and O–H groups in total. The Balaban J connectivity index is 1.30. The van der Waals surface area contributed by atoms with Crippen molar-refractivity contribution in [3.05, 3.63) is 78.4 Å². The van der Waals surface area contributed by atoms with E-state index in [0.29, 0.717) is 11.3 Å². The lowest BCUT2D eigenvalue weighted by Gasteiger charge is -2.10. The molecule has 0 radical (unpaired) electrons. The number of H-pyrrole nitrogens is 1. The standard InChI is InChI=1S/C26H24N4O2/c31-25(19-8-4-5-9-19)27-20-12-10-17(11-13-20)24-29-22-15-14-21(16-23(22)30-24)28-26(32)18-6-2-1-3-7-18/h1-3,6-7,10-16,19H,4-5,8-9H2,(H,27,31)(H,28,32)(H,29,30). The van der Waals surface area contributed by atoms with E-state index in [1.54, 1.807) is 12.1 Å². The van der Waals surface area contributed by atoms with Crippen LogP contribution in [0.1, 0.15) is 36.0 Å². The van der Waals surface area contributed by atoms with Gasteiger partial charge < -0.3 is 15.6 Å². The van der Waals surface area contributed by atoms with Crippen molar-refractivity contribution in [3.8, 4) is 11.4 Å². The maximum absolute atomic E-state index is 12.4. The van der Waals surface area contributed by atoms with Gasteiger partial charge >= 0.3 is 0 Å². The molecule has 0 bridgehead atoms. The summed E-state index contributed by atoms with van der Waals surface area (Å²) in [5.41, 5.74) is 4.69. The van der Waals surface area contributed by atoms with Crippen molar-refractivity contribution in [3.63, 3.8) is 0 Å². The van der Waals surface area contributed by atoms with Crippen molar-refractivity contribution in [1.29, 1.82) is 0 Å². The number of benzene rings is 3. The highest BCUT2D eigenvalue weighted by Gasteiger charge is 2.22. The van der Waals surface area contributed by atoms with Crippen molar-refractivity contribution < 1.29 is 9.59 Å². The van der Waals surface area contributed by atoms with Crippen LogP contribution >= 0.6 is 0 Å². The molecule has 6 nitrogen and oxygen atoms in total. The van der Waals surface area contributed by atoms with Crippen LogP contribution in [0.15, 0.2) is 72.8 Å². The number of hydrogen-bond donors (Lipinski definition) is 3. The second kappa shape index (κ2) is 8.67. The molecule has 0 saturated heterocycles. The lowest BCUT2D eigenvalue weighted by atomic mass is 10.1. The highest BCUT2D eigenvalue weighted by Crippen LogP contribution is 2.27. The third-order valence-electron chi connectivity index (χ3n) is 5.93. The molecule has 0 aliphatic heterocycles. The molecule has 1 saturated carbocycles. The number of hydrogen-bond acceptors (Lipinski definition) is 3. The normalized spacial score (nSPS) is 13.9. The van der Waals surface area contributed by atoms with Gasteiger partial charge in [-0.3, -0.25) is 9.59 Å². The van der Waals surface area contributed by atoms with Gasteiger partial charge in [0.1, 0.15) is 5.82 Å². The maximum atomic E-state index is 12.4. The highest BCUT2D eigenvalue weighted by molar-refractivity contribution is 6.05. The summed E-state index contributed by atoms with van der Waals surface area (Å²) >= 11 is 0. The Morgan fingerprint density at radius 3 is 2.31 bits per heavy atom. The zero-order valence-corrected chi connectivity index (χ0v) is 17.6. The van der Waals surface area contributed by atoms with E-state index < -0.39 is 0 Å². The number of carbonyl (C=O) groups excluding carboxylic acids is 2. The summed E-state index contributed by atoms with van der Waals surface area (Å²) in [6.07, 6.45) is 4.24. The number of carbonyl (C=O) groups is 2. The summed E-state index contributed by atoms with van der Waals surface area (Å²) in [7, 11) is 0. The summed E-state index contributed by atoms with van der Waals surface area (Å²) in [6, 6.07) is 22.4. The molecule has 0 spiro atoms. The Labute approximate surface area is 186 Å². The predicted molar refractivity (Wildman–Crippen MR) is 127 cm³/mol. The minimum atomic E-state index is -0.153. The Hall–Kier alpha value is -3.93. The predicted octanol–water partition coefficient (Wildman–Crippen LogP) is 5.61. The molecule has 3 aromatic carbocycles. The van der Waals surface area contributed by atoms with Crippen LogP contribution < -0.4 is 10.6 Å². The number of anilines is 2. The molecule has 1 heterocycles. The fraction of sp³-hybridized carbons (Fsp3) is 0.192. The second-order valence-corrected chi connectivity index (χ2v) is 8.19. The SMILES string of the molecule is O=C(Nc1ccc2nc(-c3ccc(NC(=O)C4CCCC4)cc3)[nH]c2c1)c1ccccc1. The molecule has 160 valence electrons. The van der Waals surface area contributed by atoms with Crippen LogP contribution in [0.25, 0.3) is 22.4 Å². The van der Waals surface area contributed by atoms with E-state index in [0.717, 1.165) is 53.8 Å². The average Bonchev–Trinajstić information content (AvgIpc) is 3.50. The minimum Gasteiger partial charge on any atom is -0.338 e. The average molecular weight is 425 g/mol. The van der Waals surface area contributed by atoms with Crippen LogP contribution in [0.2, 0.25) is 0 Å². The van der Waals surface area contributed by atoms with Crippen molar-refractivity contribution in [2.75, 3.05) is 10.6 Å². The molecule has 1 aliphatic carbocycles. The Morgan fingerprint density at radius 2 is 1.56 bits per heavy atom. The fourth-order valence-corrected chi connectivity index (χ4v) is 4.16. The topological polar surface area (TPSA) is 86.9 Å². The van der Waals surface area contributed by atoms with Gasteiger partial charge in [-0.2, -0.15) is 0 Å². The first-order chi connectivity index (χ1) is 15.7. The lowest BCUT2D eigenvalue weighted by Crippen LogP contribution is -2.20. The van der Waals surface area contributed by atoms with Gasteiger partial charge in [0.15, 0.2) is 0 Å². The van der Waals surface area contributed by atoms with Crippen LogP contribution in [0.5, 0.6) is 0 Å². The molecule has 32 heavy (non-hydrogen) atoms. The molecule has 6 heteroatoms. The number of nitrogens with zero attached hydrogens (tertiary/aromatic N) is 1. The number of aromatic amines is 1. The Kier molecular flexibility index (Phi) is 5.42. The molecule has 2 amide bonds. The monoisotopic (exact) mass is 424 g/mol. The fourth-order valence-electron chi connectivity index (χ4n) is 4.16. The van der Waals surface area contributed by atoms with Crippen LogP contribution in [0.4, 0.5) is 11.4 Å².